The SMILES string of the molecule is O=C1NC(CCN2CCC(Cc3cc(F)ccc3Br)CC2)CCN1C1CCCCC1. The molecule has 0 bridgehead atoms. The summed E-state index contributed by atoms with van der Waals surface area (Å²) in [6.45, 7) is 4.19. The Kier molecular flexibility index (Phi) is 7.69. The molecule has 2 saturated heterocycles. The lowest BCUT2D eigenvalue weighted by molar-refractivity contribution is 0.124. The molecular weight excluding hydrogens is 445 g/mol. The molecule has 1 aromatic carbocycles. The molecular formula is C24H35BrFN3O. The maximum Gasteiger partial charge on any atom is 0.317 e. The number of piperidine rings is 1. The van der Waals surface area contributed by atoms with Gasteiger partial charge >= 0.3 is 6.03 Å². The first kappa shape index (κ1) is 22.1. The summed E-state index contributed by atoms with van der Waals surface area (Å²) in [5, 5.41) is 3.28. The molecule has 0 aromatic heterocycles. The Hall–Kier alpha value is -1.14. The van der Waals surface area contributed by atoms with E-state index in [2.05, 4.69) is 31.0 Å². The molecule has 2 aliphatic heterocycles. The fourth-order valence-corrected chi connectivity index (χ4v) is 5.86. The molecule has 4 nitrogen and oxygen atoms in total. The number of benzene rings is 1. The molecule has 1 aliphatic carbocycles. The smallest absolute Gasteiger partial charge is 0.317 e. The van der Waals surface area contributed by atoms with Gasteiger partial charge in [-0.1, -0.05) is 35.2 Å². The van der Waals surface area contributed by atoms with Crippen molar-refractivity contribution in [3.63, 3.8) is 0 Å². The van der Waals surface area contributed by atoms with Gasteiger partial charge in [-0.25, -0.2) is 9.18 Å². The predicted octanol–water partition coefficient (Wildman–Crippen LogP) is 5.35. The summed E-state index contributed by atoms with van der Waals surface area (Å²) in [5.41, 5.74) is 1.08. The number of carbonyl (C=O) groups is 1. The second-order valence-electron chi connectivity index (χ2n) is 9.43. The van der Waals surface area contributed by atoms with E-state index in [-0.39, 0.29) is 11.8 Å². The third kappa shape index (κ3) is 5.76. The quantitative estimate of drug-likeness (QED) is 0.596. The van der Waals surface area contributed by atoms with Gasteiger partial charge in [0.05, 0.1) is 0 Å². The van der Waals surface area contributed by atoms with Crippen molar-refractivity contribution in [3.05, 3.63) is 34.1 Å². The van der Waals surface area contributed by atoms with Crippen LogP contribution in [-0.2, 0) is 6.42 Å². The Labute approximate surface area is 188 Å². The highest BCUT2D eigenvalue weighted by Crippen LogP contribution is 2.27. The van der Waals surface area contributed by atoms with E-state index < -0.39 is 0 Å². The van der Waals surface area contributed by atoms with E-state index in [0.717, 1.165) is 68.3 Å². The largest absolute Gasteiger partial charge is 0.335 e. The number of hydrogen-bond acceptors (Lipinski definition) is 2. The summed E-state index contributed by atoms with van der Waals surface area (Å²) >= 11 is 3.56. The zero-order valence-corrected chi connectivity index (χ0v) is 19.5. The van der Waals surface area contributed by atoms with Gasteiger partial charge in [-0.3, -0.25) is 0 Å². The molecule has 1 unspecified atom stereocenters. The third-order valence-corrected chi connectivity index (χ3v) is 8.11. The van der Waals surface area contributed by atoms with Gasteiger partial charge in [-0.2, -0.15) is 0 Å². The van der Waals surface area contributed by atoms with E-state index in [4.69, 9.17) is 0 Å². The first-order valence-corrected chi connectivity index (χ1v) is 12.6. The molecule has 1 saturated carbocycles. The van der Waals surface area contributed by atoms with Gasteiger partial charge in [0.25, 0.3) is 0 Å². The number of urea groups is 1. The summed E-state index contributed by atoms with van der Waals surface area (Å²) in [6.07, 6.45) is 11.6. The number of rotatable bonds is 6. The lowest BCUT2D eigenvalue weighted by atomic mass is 9.90. The average Bonchev–Trinajstić information content (AvgIpc) is 2.76. The first-order valence-electron chi connectivity index (χ1n) is 11.8. The summed E-state index contributed by atoms with van der Waals surface area (Å²) in [7, 11) is 0. The monoisotopic (exact) mass is 479 g/mol. The Bertz CT molecular complexity index is 716. The van der Waals surface area contributed by atoms with Crippen LogP contribution in [0.15, 0.2) is 22.7 Å². The van der Waals surface area contributed by atoms with Crippen molar-refractivity contribution in [1.82, 2.24) is 15.1 Å². The molecule has 0 radical (unpaired) electrons. The van der Waals surface area contributed by atoms with Crippen LogP contribution in [0.5, 0.6) is 0 Å². The molecule has 1 N–H and O–H groups in total. The van der Waals surface area contributed by atoms with Gasteiger partial charge < -0.3 is 15.1 Å². The minimum absolute atomic E-state index is 0.151. The maximum absolute atomic E-state index is 13.5. The maximum atomic E-state index is 13.5. The van der Waals surface area contributed by atoms with E-state index >= 15 is 0 Å². The second kappa shape index (κ2) is 10.4. The summed E-state index contributed by atoms with van der Waals surface area (Å²) in [4.78, 5) is 17.2. The number of halogens is 2. The van der Waals surface area contributed by atoms with E-state index in [1.54, 1.807) is 6.07 Å². The van der Waals surface area contributed by atoms with Crippen LogP contribution in [0.25, 0.3) is 0 Å². The van der Waals surface area contributed by atoms with Crippen LogP contribution >= 0.6 is 15.9 Å². The van der Waals surface area contributed by atoms with Gasteiger partial charge in [-0.05, 0) is 87.7 Å². The molecule has 30 heavy (non-hydrogen) atoms. The Morgan fingerprint density at radius 2 is 1.80 bits per heavy atom. The number of carbonyl (C=O) groups excluding carboxylic acids is 1. The van der Waals surface area contributed by atoms with Gasteiger partial charge in [-0.15, -0.1) is 0 Å². The van der Waals surface area contributed by atoms with Crippen LogP contribution in [0.1, 0.15) is 63.4 Å². The van der Waals surface area contributed by atoms with Crippen LogP contribution in [0.4, 0.5) is 9.18 Å². The van der Waals surface area contributed by atoms with Gasteiger partial charge in [0.2, 0.25) is 0 Å². The lowest BCUT2D eigenvalue weighted by Gasteiger charge is -2.40. The van der Waals surface area contributed by atoms with E-state index in [0.29, 0.717) is 18.0 Å². The van der Waals surface area contributed by atoms with Gasteiger partial charge in [0.1, 0.15) is 5.82 Å². The highest BCUT2D eigenvalue weighted by atomic mass is 79.9. The molecule has 2 amide bonds. The molecule has 6 heteroatoms. The number of nitrogens with zero attached hydrogens (tertiary/aromatic N) is 2. The van der Waals surface area contributed by atoms with Crippen molar-refractivity contribution in [2.24, 2.45) is 5.92 Å². The van der Waals surface area contributed by atoms with Crippen molar-refractivity contribution in [1.29, 1.82) is 0 Å². The average molecular weight is 480 g/mol. The molecule has 1 aromatic rings. The van der Waals surface area contributed by atoms with E-state index in [9.17, 15) is 9.18 Å². The van der Waals surface area contributed by atoms with Crippen LogP contribution in [0, 0.1) is 11.7 Å². The summed E-state index contributed by atoms with van der Waals surface area (Å²) < 4.78 is 14.6. The van der Waals surface area contributed by atoms with Gasteiger partial charge in [0.15, 0.2) is 0 Å². The van der Waals surface area contributed by atoms with Crippen LogP contribution in [0.3, 0.4) is 0 Å². The molecule has 1 atom stereocenters. The first-order chi connectivity index (χ1) is 14.6. The molecule has 4 rings (SSSR count). The molecule has 3 aliphatic rings. The van der Waals surface area contributed by atoms with Crippen molar-refractivity contribution in [3.8, 4) is 0 Å². The normalized spacial score (nSPS) is 24.8. The zero-order valence-electron chi connectivity index (χ0n) is 17.9. The van der Waals surface area contributed by atoms with E-state index in [1.807, 2.05) is 6.07 Å². The molecule has 2 heterocycles. The predicted molar refractivity (Wildman–Crippen MR) is 122 cm³/mol. The van der Waals surface area contributed by atoms with Crippen molar-refractivity contribution < 1.29 is 9.18 Å². The molecule has 166 valence electrons. The van der Waals surface area contributed by atoms with Crippen LogP contribution < -0.4 is 5.32 Å². The fraction of sp³-hybridized carbons (Fsp3) is 0.708. The summed E-state index contributed by atoms with van der Waals surface area (Å²) in [6, 6.07) is 5.94. The van der Waals surface area contributed by atoms with Gasteiger partial charge in [0, 0.05) is 29.6 Å². The zero-order chi connectivity index (χ0) is 20.9. The Morgan fingerprint density at radius 3 is 2.53 bits per heavy atom. The second-order valence-corrected chi connectivity index (χ2v) is 10.3. The van der Waals surface area contributed by atoms with Crippen molar-refractivity contribution in [2.45, 2.75) is 76.3 Å². The fourth-order valence-electron chi connectivity index (χ4n) is 5.45. The lowest BCUT2D eigenvalue weighted by Crippen LogP contribution is -2.56. The summed E-state index contributed by atoms with van der Waals surface area (Å²) in [5.74, 6) is 0.472. The number of likely N-dealkylation sites (tertiary alicyclic amines) is 1. The van der Waals surface area contributed by atoms with E-state index in [1.165, 1.54) is 38.2 Å². The highest BCUT2D eigenvalue weighted by molar-refractivity contribution is 9.10. The van der Waals surface area contributed by atoms with Crippen molar-refractivity contribution >= 4 is 22.0 Å². The number of hydrogen-bond donors (Lipinski definition) is 1. The minimum Gasteiger partial charge on any atom is -0.335 e. The third-order valence-electron chi connectivity index (χ3n) is 7.34. The molecule has 3 fully saturated rings. The molecule has 0 spiro atoms. The van der Waals surface area contributed by atoms with Crippen LogP contribution in [-0.4, -0.2) is 54.1 Å². The Morgan fingerprint density at radius 1 is 1.03 bits per heavy atom. The van der Waals surface area contributed by atoms with Crippen molar-refractivity contribution in [2.75, 3.05) is 26.2 Å². The Balaban J connectivity index is 1.16. The number of amides is 2. The topological polar surface area (TPSA) is 35.6 Å². The minimum atomic E-state index is -0.151. The highest BCUT2D eigenvalue weighted by Gasteiger charge is 2.31. The van der Waals surface area contributed by atoms with Crippen LogP contribution in [0.2, 0.25) is 0 Å². The standard InChI is InChI=1S/C24H35BrFN3O/c25-23-7-6-20(26)17-19(23)16-18-8-12-28(13-9-18)14-10-21-11-15-29(24(30)27-21)22-4-2-1-3-5-22/h6-7,17-18,21-22H,1-5,8-16H2,(H,27,30). The number of nitrogens with one attached hydrogen (secondary N) is 1.